The number of nitrogens with one attached hydrogen (secondary N) is 1. The van der Waals surface area contributed by atoms with Crippen LogP contribution in [0.1, 0.15) is 5.69 Å². The van der Waals surface area contributed by atoms with Crippen LogP contribution in [0.15, 0.2) is 10.6 Å². The van der Waals surface area contributed by atoms with Crippen LogP contribution in [-0.2, 0) is 0 Å². The zero-order valence-electron chi connectivity index (χ0n) is 8.02. The second-order valence-electron chi connectivity index (χ2n) is 3.04. The topological polar surface area (TPSA) is 41.3 Å². The minimum absolute atomic E-state index is 0. The van der Waals surface area contributed by atoms with E-state index < -0.39 is 0 Å². The molecule has 1 N–H and O–H groups in total. The fraction of sp³-hybridized carbons (Fsp3) is 0.625. The first-order valence-electron chi connectivity index (χ1n) is 4.25. The Labute approximate surface area is 95.8 Å². The van der Waals surface area contributed by atoms with Crippen LogP contribution in [0.3, 0.4) is 0 Å². The third-order valence-electron chi connectivity index (χ3n) is 2.04. The number of aryl methyl sites for hydroxylation is 1. The molecule has 6 heteroatoms. The van der Waals surface area contributed by atoms with Gasteiger partial charge in [-0.15, -0.1) is 24.8 Å². The van der Waals surface area contributed by atoms with Gasteiger partial charge in [0.25, 0.3) is 0 Å². The molecule has 1 aromatic heterocycles. The molecular weight excluding hydrogens is 225 g/mol. The summed E-state index contributed by atoms with van der Waals surface area (Å²) >= 11 is 0. The van der Waals surface area contributed by atoms with E-state index in [0.717, 1.165) is 37.8 Å². The normalized spacial score (nSPS) is 15.6. The first kappa shape index (κ1) is 13.5. The predicted molar refractivity (Wildman–Crippen MR) is 60.8 cm³/mol. The summed E-state index contributed by atoms with van der Waals surface area (Å²) in [5.41, 5.74) is 0.948. The number of rotatable bonds is 1. The third-order valence-corrected chi connectivity index (χ3v) is 2.04. The van der Waals surface area contributed by atoms with E-state index in [4.69, 9.17) is 4.52 Å². The highest BCUT2D eigenvalue weighted by molar-refractivity contribution is 5.85. The number of aromatic nitrogens is 1. The Morgan fingerprint density at radius 3 is 2.50 bits per heavy atom. The molecule has 1 aliphatic heterocycles. The molecule has 14 heavy (non-hydrogen) atoms. The summed E-state index contributed by atoms with van der Waals surface area (Å²) in [7, 11) is 0. The molecule has 82 valence electrons. The van der Waals surface area contributed by atoms with Crippen molar-refractivity contribution in [1.82, 2.24) is 10.5 Å². The van der Waals surface area contributed by atoms with Gasteiger partial charge in [0.1, 0.15) is 0 Å². The van der Waals surface area contributed by atoms with Crippen molar-refractivity contribution in [3.63, 3.8) is 0 Å². The quantitative estimate of drug-likeness (QED) is 0.801. The number of hydrogen-bond acceptors (Lipinski definition) is 4. The van der Waals surface area contributed by atoms with Crippen LogP contribution in [0.5, 0.6) is 0 Å². The van der Waals surface area contributed by atoms with Gasteiger partial charge in [0.15, 0.2) is 0 Å². The molecular formula is C8H15Cl2N3O. The molecule has 0 aromatic carbocycles. The summed E-state index contributed by atoms with van der Waals surface area (Å²) in [4.78, 5) is 2.20. The Morgan fingerprint density at radius 2 is 2.00 bits per heavy atom. The van der Waals surface area contributed by atoms with Gasteiger partial charge in [-0.1, -0.05) is 5.16 Å². The fourth-order valence-corrected chi connectivity index (χ4v) is 1.38. The third kappa shape index (κ3) is 3.04. The van der Waals surface area contributed by atoms with Crippen molar-refractivity contribution in [2.45, 2.75) is 6.92 Å². The molecule has 2 rings (SSSR count). The summed E-state index contributed by atoms with van der Waals surface area (Å²) in [5.74, 6) is 0.897. The number of piperazine rings is 1. The molecule has 0 amide bonds. The van der Waals surface area contributed by atoms with Gasteiger partial charge >= 0.3 is 0 Å². The van der Waals surface area contributed by atoms with Gasteiger partial charge in [0.2, 0.25) is 5.88 Å². The van der Waals surface area contributed by atoms with Gasteiger partial charge < -0.3 is 14.7 Å². The van der Waals surface area contributed by atoms with Crippen LogP contribution in [0.25, 0.3) is 0 Å². The lowest BCUT2D eigenvalue weighted by molar-refractivity contribution is 0.403. The zero-order chi connectivity index (χ0) is 8.39. The number of hydrogen-bond donors (Lipinski definition) is 1. The van der Waals surface area contributed by atoms with Crippen LogP contribution in [-0.4, -0.2) is 31.3 Å². The van der Waals surface area contributed by atoms with Crippen molar-refractivity contribution in [1.29, 1.82) is 0 Å². The molecule has 0 spiro atoms. The predicted octanol–water partition coefficient (Wildman–Crippen LogP) is 1.24. The van der Waals surface area contributed by atoms with E-state index in [1.165, 1.54) is 0 Å². The Kier molecular flexibility index (Phi) is 5.92. The van der Waals surface area contributed by atoms with Gasteiger partial charge in [-0.3, -0.25) is 0 Å². The van der Waals surface area contributed by atoms with Crippen molar-refractivity contribution < 1.29 is 4.52 Å². The molecule has 1 fully saturated rings. The summed E-state index contributed by atoms with van der Waals surface area (Å²) in [5, 5.41) is 7.14. The monoisotopic (exact) mass is 239 g/mol. The van der Waals surface area contributed by atoms with E-state index in [1.807, 2.05) is 13.0 Å². The fourth-order valence-electron chi connectivity index (χ4n) is 1.38. The lowest BCUT2D eigenvalue weighted by Crippen LogP contribution is -2.43. The van der Waals surface area contributed by atoms with E-state index in [-0.39, 0.29) is 24.8 Å². The van der Waals surface area contributed by atoms with Crippen LogP contribution < -0.4 is 10.2 Å². The van der Waals surface area contributed by atoms with Gasteiger partial charge in [-0.05, 0) is 6.92 Å². The first-order valence-corrected chi connectivity index (χ1v) is 4.25. The van der Waals surface area contributed by atoms with E-state index in [1.54, 1.807) is 0 Å². The lowest BCUT2D eigenvalue weighted by Gasteiger charge is -2.25. The Bertz CT molecular complexity index is 261. The van der Waals surface area contributed by atoms with E-state index in [0.29, 0.717) is 0 Å². The Balaban J connectivity index is 0.000000845. The van der Waals surface area contributed by atoms with Crippen LogP contribution in [0.4, 0.5) is 5.88 Å². The molecule has 0 unspecified atom stereocenters. The minimum Gasteiger partial charge on any atom is -0.338 e. The highest BCUT2D eigenvalue weighted by Gasteiger charge is 2.13. The second-order valence-corrected chi connectivity index (χ2v) is 3.04. The number of halogens is 2. The smallest absolute Gasteiger partial charge is 0.227 e. The van der Waals surface area contributed by atoms with Gasteiger partial charge in [0, 0.05) is 32.2 Å². The van der Waals surface area contributed by atoms with Crippen LogP contribution in [0.2, 0.25) is 0 Å². The number of nitrogens with zero attached hydrogens (tertiary/aromatic N) is 2. The molecule has 1 aromatic rings. The molecule has 2 heterocycles. The zero-order valence-corrected chi connectivity index (χ0v) is 9.66. The molecule has 4 nitrogen and oxygen atoms in total. The van der Waals surface area contributed by atoms with Crippen molar-refractivity contribution >= 4 is 30.7 Å². The highest BCUT2D eigenvalue weighted by atomic mass is 35.5. The largest absolute Gasteiger partial charge is 0.338 e. The summed E-state index contributed by atoms with van der Waals surface area (Å²) in [6.45, 7) is 6.01. The first-order chi connectivity index (χ1) is 5.86. The summed E-state index contributed by atoms with van der Waals surface area (Å²) in [6.07, 6.45) is 0. The SMILES string of the molecule is Cc1cc(N2CCNCC2)on1.Cl.Cl. The molecule has 0 bridgehead atoms. The van der Waals surface area contributed by atoms with E-state index in [2.05, 4.69) is 15.4 Å². The molecule has 0 radical (unpaired) electrons. The standard InChI is InChI=1S/C8H13N3O.2ClH/c1-7-6-8(12-10-7)11-4-2-9-3-5-11;;/h6,9H,2-5H2,1H3;2*1H. The Hall–Kier alpha value is -0.450. The summed E-state index contributed by atoms with van der Waals surface area (Å²) < 4.78 is 5.15. The van der Waals surface area contributed by atoms with Crippen molar-refractivity contribution in [3.8, 4) is 0 Å². The Morgan fingerprint density at radius 1 is 1.36 bits per heavy atom. The average Bonchev–Trinajstić information content (AvgIpc) is 2.54. The average molecular weight is 240 g/mol. The number of anilines is 1. The van der Waals surface area contributed by atoms with Gasteiger partial charge in [-0.2, -0.15) is 0 Å². The van der Waals surface area contributed by atoms with E-state index in [9.17, 15) is 0 Å². The molecule has 1 aliphatic rings. The lowest BCUT2D eigenvalue weighted by atomic mass is 10.3. The van der Waals surface area contributed by atoms with Gasteiger partial charge in [0.05, 0.1) is 5.69 Å². The highest BCUT2D eigenvalue weighted by Crippen LogP contribution is 2.14. The van der Waals surface area contributed by atoms with E-state index >= 15 is 0 Å². The maximum Gasteiger partial charge on any atom is 0.227 e. The van der Waals surface area contributed by atoms with Crippen molar-refractivity contribution in [2.75, 3.05) is 31.1 Å². The summed E-state index contributed by atoms with van der Waals surface area (Å²) in [6, 6.07) is 1.98. The molecule has 0 aliphatic carbocycles. The maximum absolute atomic E-state index is 5.15. The molecule has 0 saturated carbocycles. The maximum atomic E-state index is 5.15. The van der Waals surface area contributed by atoms with Crippen LogP contribution >= 0.6 is 24.8 Å². The van der Waals surface area contributed by atoms with Crippen molar-refractivity contribution in [2.24, 2.45) is 0 Å². The van der Waals surface area contributed by atoms with Crippen molar-refractivity contribution in [3.05, 3.63) is 11.8 Å². The van der Waals surface area contributed by atoms with Gasteiger partial charge in [-0.25, -0.2) is 0 Å². The van der Waals surface area contributed by atoms with Crippen LogP contribution in [0, 0.1) is 6.92 Å². The molecule has 0 atom stereocenters. The second kappa shape index (κ2) is 6.11. The minimum atomic E-state index is 0. The molecule has 1 saturated heterocycles.